The first-order valence-corrected chi connectivity index (χ1v) is 5.39. The molecule has 0 spiro atoms. The molecule has 3 aromatic rings. The van der Waals surface area contributed by atoms with E-state index in [-0.39, 0.29) is 11.7 Å². The number of aromatic nitrogens is 4. The van der Waals surface area contributed by atoms with Crippen LogP contribution in [0.2, 0.25) is 0 Å². The molecule has 0 fully saturated rings. The van der Waals surface area contributed by atoms with Crippen molar-refractivity contribution >= 4 is 22.6 Å². The predicted molar refractivity (Wildman–Crippen MR) is 65.9 cm³/mol. The van der Waals surface area contributed by atoms with Gasteiger partial charge in [0.2, 0.25) is 0 Å². The van der Waals surface area contributed by atoms with Gasteiger partial charge in [0.05, 0.1) is 5.52 Å². The number of rotatable bonds is 1. The summed E-state index contributed by atoms with van der Waals surface area (Å²) in [5, 5.41) is 4.53. The van der Waals surface area contributed by atoms with Crippen LogP contribution >= 0.6 is 0 Å². The third-order valence-electron chi connectivity index (χ3n) is 2.75. The Kier molecular flexibility index (Phi) is 2.24. The van der Waals surface area contributed by atoms with Crippen molar-refractivity contribution in [1.82, 2.24) is 19.2 Å². The number of carbonyl (C=O) groups excluding carboxylic acids is 1. The Morgan fingerprint density at radius 1 is 1.37 bits per heavy atom. The fraction of sp³-hybridized carbons (Fsp3) is 0.0909. The van der Waals surface area contributed by atoms with E-state index >= 15 is 0 Å². The first kappa shape index (κ1) is 11.2. The monoisotopic (exact) mass is 259 g/mol. The van der Waals surface area contributed by atoms with Crippen molar-refractivity contribution < 1.29 is 9.53 Å². The van der Waals surface area contributed by atoms with Gasteiger partial charge in [0.25, 0.3) is 0 Å². The molecule has 0 radical (unpaired) electrons. The molecule has 3 rings (SSSR count). The van der Waals surface area contributed by atoms with Crippen molar-refractivity contribution in [3.63, 3.8) is 0 Å². The molecule has 2 N–H and O–H groups in total. The van der Waals surface area contributed by atoms with E-state index in [1.165, 1.54) is 4.57 Å². The minimum absolute atomic E-state index is 0.249. The molecule has 0 saturated heterocycles. The summed E-state index contributed by atoms with van der Waals surface area (Å²) in [6, 6.07) is 6.97. The average molecular weight is 259 g/mol. The van der Waals surface area contributed by atoms with Gasteiger partial charge in [0.1, 0.15) is 0 Å². The van der Waals surface area contributed by atoms with Crippen molar-refractivity contribution in [2.45, 2.75) is 0 Å². The standard InChI is InChI=1S/C11H9N5O3/c1-15-7-5-3-2-4-6(7)8-13-10(19-9(12)17)14-16(8)11(15)18/h2-5H,1H3,(H2,12,17). The predicted octanol–water partition coefficient (Wildman–Crippen LogP) is 0.0387. The van der Waals surface area contributed by atoms with Crippen LogP contribution in [0.3, 0.4) is 0 Å². The maximum atomic E-state index is 12.1. The second kappa shape index (κ2) is 3.80. The largest absolute Gasteiger partial charge is 0.412 e. The van der Waals surface area contributed by atoms with E-state index in [1.54, 1.807) is 19.2 Å². The highest BCUT2D eigenvalue weighted by atomic mass is 16.6. The molecule has 0 aliphatic heterocycles. The minimum atomic E-state index is -1.03. The molecular weight excluding hydrogens is 250 g/mol. The molecule has 0 atom stereocenters. The average Bonchev–Trinajstić information content (AvgIpc) is 2.79. The number of primary amides is 1. The molecule has 1 amide bonds. The van der Waals surface area contributed by atoms with Crippen LogP contribution in [-0.4, -0.2) is 25.3 Å². The van der Waals surface area contributed by atoms with Crippen LogP contribution in [0.4, 0.5) is 4.79 Å². The lowest BCUT2D eigenvalue weighted by Gasteiger charge is -2.04. The summed E-state index contributed by atoms with van der Waals surface area (Å²) >= 11 is 0. The molecule has 0 aliphatic rings. The number of carbonyl (C=O) groups is 1. The van der Waals surface area contributed by atoms with Crippen molar-refractivity contribution in [3.05, 3.63) is 34.7 Å². The Labute approximate surface area is 106 Å². The maximum absolute atomic E-state index is 12.1. The zero-order chi connectivity index (χ0) is 13.6. The molecule has 0 unspecified atom stereocenters. The summed E-state index contributed by atoms with van der Waals surface area (Å²) in [7, 11) is 1.63. The van der Waals surface area contributed by atoms with Crippen LogP contribution in [0.25, 0.3) is 16.6 Å². The molecule has 96 valence electrons. The number of para-hydroxylation sites is 1. The first-order chi connectivity index (χ1) is 9.08. The number of amides is 1. The van der Waals surface area contributed by atoms with E-state index in [0.29, 0.717) is 11.2 Å². The number of ether oxygens (including phenoxy) is 1. The number of hydrogen-bond donors (Lipinski definition) is 1. The minimum Gasteiger partial charge on any atom is -0.373 e. The first-order valence-electron chi connectivity index (χ1n) is 5.39. The third kappa shape index (κ3) is 1.61. The van der Waals surface area contributed by atoms with Gasteiger partial charge in [-0.3, -0.25) is 4.57 Å². The van der Waals surface area contributed by atoms with E-state index in [0.717, 1.165) is 9.90 Å². The van der Waals surface area contributed by atoms with E-state index < -0.39 is 6.09 Å². The summed E-state index contributed by atoms with van der Waals surface area (Å²) in [4.78, 5) is 26.8. The normalized spacial score (nSPS) is 11.0. The second-order valence-corrected chi connectivity index (χ2v) is 3.91. The summed E-state index contributed by atoms with van der Waals surface area (Å²) in [6.07, 6.45) is -1.03. The summed E-state index contributed by atoms with van der Waals surface area (Å²) in [5.41, 5.74) is 5.53. The van der Waals surface area contributed by atoms with E-state index in [9.17, 15) is 9.59 Å². The number of fused-ring (bicyclic) bond motifs is 3. The van der Waals surface area contributed by atoms with Gasteiger partial charge in [-0.25, -0.2) is 9.59 Å². The SMILES string of the molecule is Cn1c(=O)n2nc(OC(N)=O)nc2c2ccccc21. The number of hydrogen-bond acceptors (Lipinski definition) is 5. The van der Waals surface area contributed by atoms with Gasteiger partial charge in [-0.1, -0.05) is 12.1 Å². The van der Waals surface area contributed by atoms with E-state index in [2.05, 4.69) is 14.8 Å². The molecule has 8 nitrogen and oxygen atoms in total. The fourth-order valence-corrected chi connectivity index (χ4v) is 1.93. The fourth-order valence-electron chi connectivity index (χ4n) is 1.93. The molecule has 8 heteroatoms. The van der Waals surface area contributed by atoms with Gasteiger partial charge in [-0.15, -0.1) is 5.10 Å². The second-order valence-electron chi connectivity index (χ2n) is 3.91. The molecular formula is C11H9N5O3. The number of nitrogens with two attached hydrogens (primary N) is 1. The highest BCUT2D eigenvalue weighted by molar-refractivity contribution is 5.91. The summed E-state index contributed by atoms with van der Waals surface area (Å²) < 4.78 is 7.10. The lowest BCUT2D eigenvalue weighted by atomic mass is 10.2. The Balaban J connectivity index is 2.44. The lowest BCUT2D eigenvalue weighted by Crippen LogP contribution is -2.25. The highest BCUT2D eigenvalue weighted by Crippen LogP contribution is 2.17. The molecule has 0 aliphatic carbocycles. The Bertz CT molecular complexity index is 864. The van der Waals surface area contributed by atoms with Crippen LogP contribution in [-0.2, 0) is 7.05 Å². The van der Waals surface area contributed by atoms with E-state index in [1.807, 2.05) is 12.1 Å². The number of nitrogens with zero attached hydrogens (tertiary/aromatic N) is 4. The molecule has 2 aromatic heterocycles. The molecule has 2 heterocycles. The van der Waals surface area contributed by atoms with Gasteiger partial charge in [-0.2, -0.15) is 9.50 Å². The summed E-state index contributed by atoms with van der Waals surface area (Å²) in [6.45, 7) is 0. The topological polar surface area (TPSA) is 105 Å². The zero-order valence-electron chi connectivity index (χ0n) is 9.90. The van der Waals surface area contributed by atoms with Crippen LogP contribution in [0.5, 0.6) is 6.01 Å². The Morgan fingerprint density at radius 2 is 2.11 bits per heavy atom. The summed E-state index contributed by atoms with van der Waals surface area (Å²) in [5.74, 6) is 0. The maximum Gasteiger partial charge on any atom is 0.412 e. The molecule has 19 heavy (non-hydrogen) atoms. The van der Waals surface area contributed by atoms with Gasteiger partial charge < -0.3 is 10.5 Å². The van der Waals surface area contributed by atoms with Gasteiger partial charge in [0, 0.05) is 12.4 Å². The van der Waals surface area contributed by atoms with Gasteiger partial charge >= 0.3 is 17.8 Å². The Morgan fingerprint density at radius 3 is 2.84 bits per heavy atom. The number of aryl methyl sites for hydroxylation is 1. The van der Waals surface area contributed by atoms with Crippen LogP contribution in [0.15, 0.2) is 29.1 Å². The smallest absolute Gasteiger partial charge is 0.373 e. The zero-order valence-corrected chi connectivity index (χ0v) is 9.90. The highest BCUT2D eigenvalue weighted by Gasteiger charge is 2.14. The third-order valence-corrected chi connectivity index (χ3v) is 2.75. The van der Waals surface area contributed by atoms with Gasteiger partial charge in [0.15, 0.2) is 5.65 Å². The Hall–Kier alpha value is -2.90. The van der Waals surface area contributed by atoms with Crippen LogP contribution in [0, 0.1) is 0 Å². The van der Waals surface area contributed by atoms with Gasteiger partial charge in [-0.05, 0) is 12.1 Å². The number of benzene rings is 1. The quantitative estimate of drug-likeness (QED) is 0.664. The lowest BCUT2D eigenvalue weighted by molar-refractivity contribution is 0.207. The molecule has 0 saturated carbocycles. The van der Waals surface area contributed by atoms with Crippen molar-refractivity contribution in [2.75, 3.05) is 0 Å². The van der Waals surface area contributed by atoms with E-state index in [4.69, 9.17) is 5.73 Å². The van der Waals surface area contributed by atoms with Crippen LogP contribution < -0.4 is 16.2 Å². The van der Waals surface area contributed by atoms with Crippen molar-refractivity contribution in [2.24, 2.45) is 12.8 Å². The van der Waals surface area contributed by atoms with Crippen molar-refractivity contribution in [3.8, 4) is 6.01 Å². The van der Waals surface area contributed by atoms with Crippen LogP contribution in [0.1, 0.15) is 0 Å². The molecule has 0 bridgehead atoms. The molecule has 1 aromatic carbocycles. The van der Waals surface area contributed by atoms with Crippen molar-refractivity contribution in [1.29, 1.82) is 0 Å².